The van der Waals surface area contributed by atoms with Crippen LogP contribution in [0.5, 0.6) is 0 Å². The molecule has 0 spiro atoms. The third-order valence-corrected chi connectivity index (χ3v) is 3.77. The van der Waals surface area contributed by atoms with E-state index in [-0.39, 0.29) is 24.7 Å². The molecule has 2 atom stereocenters. The highest BCUT2D eigenvalue weighted by molar-refractivity contribution is 5.78. The smallest absolute Gasteiger partial charge is 0.236 e. The van der Waals surface area contributed by atoms with E-state index >= 15 is 0 Å². The maximum Gasteiger partial charge on any atom is 0.236 e. The van der Waals surface area contributed by atoms with Crippen molar-refractivity contribution < 1.29 is 19.1 Å². The van der Waals surface area contributed by atoms with E-state index in [2.05, 4.69) is 0 Å². The summed E-state index contributed by atoms with van der Waals surface area (Å²) in [6.45, 7) is 1.48. The number of likely N-dealkylation sites (N-methyl/N-ethyl adjacent to an activating group) is 1. The van der Waals surface area contributed by atoms with Crippen LogP contribution in [0.1, 0.15) is 12.2 Å². The Hall–Kier alpha value is -1.37. The second-order valence-corrected chi connectivity index (χ2v) is 5.19. The Balaban J connectivity index is 1.86. The number of ether oxygens (including phenoxy) is 1. The molecule has 1 saturated heterocycles. The van der Waals surface area contributed by atoms with Crippen molar-refractivity contribution in [1.29, 1.82) is 0 Å². The number of likely N-dealkylation sites (tertiary alicyclic amines) is 1. The maximum absolute atomic E-state index is 12.2. The van der Waals surface area contributed by atoms with Gasteiger partial charge >= 0.3 is 0 Å². The molecule has 6 heteroatoms. The van der Waals surface area contributed by atoms with Crippen molar-refractivity contribution in [2.45, 2.75) is 25.1 Å². The largest absolute Gasteiger partial charge is 0.467 e. The molecule has 0 saturated carbocycles. The van der Waals surface area contributed by atoms with Crippen LogP contribution in [0.25, 0.3) is 0 Å². The molecule has 0 radical (unpaired) electrons. The number of hydrogen-bond donors (Lipinski definition) is 1. The monoisotopic (exact) mass is 282 g/mol. The Morgan fingerprint density at radius 2 is 2.45 bits per heavy atom. The highest BCUT2D eigenvalue weighted by Gasteiger charge is 2.33. The average Bonchev–Trinajstić information content (AvgIpc) is 3.07. The van der Waals surface area contributed by atoms with Crippen LogP contribution in [0.4, 0.5) is 0 Å². The Bertz CT molecular complexity index is 421. The number of methoxy groups -OCH3 is 1. The van der Waals surface area contributed by atoms with Crippen LogP contribution in [0.3, 0.4) is 0 Å². The van der Waals surface area contributed by atoms with Gasteiger partial charge in [0.1, 0.15) is 5.76 Å². The lowest BCUT2D eigenvalue weighted by molar-refractivity contribution is -0.132. The van der Waals surface area contributed by atoms with Gasteiger partial charge in [-0.3, -0.25) is 9.69 Å². The molecule has 1 amide bonds. The van der Waals surface area contributed by atoms with Crippen LogP contribution in [-0.4, -0.2) is 66.8 Å². The number of aliphatic hydroxyl groups excluding tert-OH is 1. The molecule has 2 rings (SSSR count). The summed E-state index contributed by atoms with van der Waals surface area (Å²) in [7, 11) is 3.41. The summed E-state index contributed by atoms with van der Waals surface area (Å²) in [5.41, 5.74) is 0. The summed E-state index contributed by atoms with van der Waals surface area (Å²) in [4.78, 5) is 15.8. The first-order valence-electron chi connectivity index (χ1n) is 6.78. The molecule has 20 heavy (non-hydrogen) atoms. The van der Waals surface area contributed by atoms with Crippen molar-refractivity contribution in [3.63, 3.8) is 0 Å². The van der Waals surface area contributed by atoms with Gasteiger partial charge in [0.15, 0.2) is 0 Å². The zero-order valence-corrected chi connectivity index (χ0v) is 12.0. The molecule has 2 heterocycles. The van der Waals surface area contributed by atoms with E-state index in [0.717, 1.165) is 12.2 Å². The predicted molar refractivity (Wildman–Crippen MR) is 73.0 cm³/mol. The van der Waals surface area contributed by atoms with E-state index < -0.39 is 0 Å². The molecular weight excluding hydrogens is 260 g/mol. The van der Waals surface area contributed by atoms with Gasteiger partial charge in [0.25, 0.3) is 0 Å². The quantitative estimate of drug-likeness (QED) is 0.814. The third-order valence-electron chi connectivity index (χ3n) is 3.77. The molecule has 0 unspecified atom stereocenters. The van der Waals surface area contributed by atoms with Crippen molar-refractivity contribution >= 4 is 5.91 Å². The van der Waals surface area contributed by atoms with E-state index in [1.165, 1.54) is 0 Å². The Labute approximate surface area is 118 Å². The van der Waals surface area contributed by atoms with Crippen LogP contribution < -0.4 is 0 Å². The fraction of sp³-hybridized carbons (Fsp3) is 0.643. The first kappa shape index (κ1) is 15.0. The standard InChI is InChI=1S/C14H22N2O4/c1-15(7-12-4-3-5-20-12)14(18)9-16-8-13(19-2)6-11(16)10-17/h3-5,11,13,17H,6-10H2,1-2H3/t11-,13+/m0/s1. The molecule has 0 aromatic carbocycles. The summed E-state index contributed by atoms with van der Waals surface area (Å²) < 4.78 is 10.5. The van der Waals surface area contributed by atoms with E-state index in [1.807, 2.05) is 11.0 Å². The highest BCUT2D eigenvalue weighted by Crippen LogP contribution is 2.19. The van der Waals surface area contributed by atoms with Gasteiger partial charge in [-0.25, -0.2) is 0 Å². The van der Waals surface area contributed by atoms with Crippen molar-refractivity contribution in [2.75, 3.05) is 33.9 Å². The van der Waals surface area contributed by atoms with Gasteiger partial charge in [0, 0.05) is 26.7 Å². The number of aliphatic hydroxyl groups is 1. The second kappa shape index (κ2) is 6.88. The Morgan fingerprint density at radius 3 is 3.05 bits per heavy atom. The maximum atomic E-state index is 12.2. The molecule has 6 nitrogen and oxygen atoms in total. The predicted octanol–water partition coefficient (Wildman–Crippen LogP) is 0.320. The zero-order chi connectivity index (χ0) is 14.5. The van der Waals surface area contributed by atoms with Crippen molar-refractivity contribution in [2.24, 2.45) is 0 Å². The third kappa shape index (κ3) is 3.59. The van der Waals surface area contributed by atoms with Gasteiger partial charge in [-0.2, -0.15) is 0 Å². The van der Waals surface area contributed by atoms with E-state index in [1.54, 1.807) is 31.4 Å². The van der Waals surface area contributed by atoms with Crippen LogP contribution in [0.15, 0.2) is 22.8 Å². The molecular formula is C14H22N2O4. The lowest BCUT2D eigenvalue weighted by Gasteiger charge is -2.24. The summed E-state index contributed by atoms with van der Waals surface area (Å²) in [6.07, 6.45) is 2.46. The summed E-state index contributed by atoms with van der Waals surface area (Å²) >= 11 is 0. The lowest BCUT2D eigenvalue weighted by atomic mass is 10.2. The van der Waals surface area contributed by atoms with Crippen LogP contribution in [0.2, 0.25) is 0 Å². The second-order valence-electron chi connectivity index (χ2n) is 5.19. The summed E-state index contributed by atoms with van der Waals surface area (Å²) in [6, 6.07) is 3.65. The Morgan fingerprint density at radius 1 is 1.65 bits per heavy atom. The van der Waals surface area contributed by atoms with Gasteiger partial charge in [-0.1, -0.05) is 0 Å². The van der Waals surface area contributed by atoms with Gasteiger partial charge in [0.2, 0.25) is 5.91 Å². The summed E-state index contributed by atoms with van der Waals surface area (Å²) in [5, 5.41) is 9.37. The fourth-order valence-corrected chi connectivity index (χ4v) is 2.51. The average molecular weight is 282 g/mol. The molecule has 0 aliphatic carbocycles. The number of carbonyl (C=O) groups is 1. The van der Waals surface area contributed by atoms with Crippen LogP contribution in [-0.2, 0) is 16.1 Å². The molecule has 1 N–H and O–H groups in total. The minimum atomic E-state index is 0.000845. The number of nitrogens with zero attached hydrogens (tertiary/aromatic N) is 2. The van der Waals surface area contributed by atoms with Crippen LogP contribution >= 0.6 is 0 Å². The van der Waals surface area contributed by atoms with Gasteiger partial charge in [-0.05, 0) is 18.6 Å². The molecule has 1 aromatic heterocycles. The Kier molecular flexibility index (Phi) is 5.17. The minimum absolute atomic E-state index is 0.000845. The van der Waals surface area contributed by atoms with E-state index in [0.29, 0.717) is 19.6 Å². The lowest BCUT2D eigenvalue weighted by Crippen LogP contribution is -2.41. The number of rotatable bonds is 6. The minimum Gasteiger partial charge on any atom is -0.467 e. The van der Waals surface area contributed by atoms with Crippen molar-refractivity contribution in [3.8, 4) is 0 Å². The van der Waals surface area contributed by atoms with Gasteiger partial charge < -0.3 is 19.2 Å². The molecule has 1 aromatic rings. The number of hydrogen-bond acceptors (Lipinski definition) is 5. The molecule has 112 valence electrons. The topological polar surface area (TPSA) is 66.2 Å². The van der Waals surface area contributed by atoms with Crippen LogP contribution in [0, 0.1) is 0 Å². The zero-order valence-electron chi connectivity index (χ0n) is 12.0. The van der Waals surface area contributed by atoms with Crippen molar-refractivity contribution in [3.05, 3.63) is 24.2 Å². The van der Waals surface area contributed by atoms with Gasteiger partial charge in [0.05, 0.1) is 32.1 Å². The molecule has 1 aliphatic heterocycles. The fourth-order valence-electron chi connectivity index (χ4n) is 2.51. The number of amides is 1. The first-order chi connectivity index (χ1) is 9.63. The van der Waals surface area contributed by atoms with E-state index in [4.69, 9.17) is 9.15 Å². The molecule has 1 fully saturated rings. The van der Waals surface area contributed by atoms with Crippen molar-refractivity contribution in [1.82, 2.24) is 9.80 Å². The normalized spacial score (nSPS) is 23.1. The number of furan rings is 1. The first-order valence-corrected chi connectivity index (χ1v) is 6.78. The SMILES string of the molecule is CO[C@@H]1C[C@@H](CO)N(CC(=O)N(C)Cc2ccco2)C1. The van der Waals surface area contributed by atoms with Gasteiger partial charge in [-0.15, -0.1) is 0 Å². The summed E-state index contributed by atoms with van der Waals surface area (Å²) in [5.74, 6) is 0.771. The van der Waals surface area contributed by atoms with E-state index in [9.17, 15) is 9.90 Å². The highest BCUT2D eigenvalue weighted by atomic mass is 16.5. The molecule has 1 aliphatic rings. The number of carbonyl (C=O) groups excluding carboxylic acids is 1. The molecule has 0 bridgehead atoms.